The maximum absolute atomic E-state index is 4.19. The van der Waals surface area contributed by atoms with Crippen LogP contribution in [0.15, 0.2) is 0 Å². The third-order valence-electron chi connectivity index (χ3n) is 2.12. The summed E-state index contributed by atoms with van der Waals surface area (Å²) in [6, 6.07) is 0. The van der Waals surface area contributed by atoms with Gasteiger partial charge in [0.05, 0.1) is 0 Å². The van der Waals surface area contributed by atoms with Gasteiger partial charge in [-0.05, 0) is 46.2 Å². The molecule has 0 saturated heterocycles. The quantitative estimate of drug-likeness (QED) is 0.326. The van der Waals surface area contributed by atoms with E-state index in [0.29, 0.717) is 5.92 Å². The molecule has 0 unspecified atom stereocenters. The number of rotatable bonds is 7. The van der Waals surface area contributed by atoms with Crippen LogP contribution in [0.4, 0.5) is 0 Å². The standard InChI is InChI=1S/C5H12S4.C4H10S3.CH4/c6-1-5(2-7,3-8)4-9;5-1-4(2-6)3-7;/h6-9H,1-4H2;4-7H,1-3H2;1H4. The van der Waals surface area contributed by atoms with Gasteiger partial charge in [0.1, 0.15) is 0 Å². The Morgan fingerprint density at radius 3 is 0.824 bits per heavy atom. The van der Waals surface area contributed by atoms with Crippen LogP contribution in [-0.4, -0.2) is 40.3 Å². The highest BCUT2D eigenvalue weighted by atomic mass is 32.1. The molecule has 0 aromatic carbocycles. The van der Waals surface area contributed by atoms with E-state index >= 15 is 0 Å². The zero-order chi connectivity index (χ0) is 13.0. The fourth-order valence-corrected chi connectivity index (χ4v) is 4.26. The Labute approximate surface area is 146 Å². The first-order valence-electron chi connectivity index (χ1n) is 4.85. The molecule has 0 bridgehead atoms. The van der Waals surface area contributed by atoms with Crippen molar-refractivity contribution in [1.29, 1.82) is 0 Å². The van der Waals surface area contributed by atoms with Gasteiger partial charge in [-0.1, -0.05) is 7.43 Å². The molecule has 0 aromatic heterocycles. The normalized spacial score (nSPS) is 10.6. The maximum atomic E-state index is 4.19. The van der Waals surface area contributed by atoms with Crippen LogP contribution in [-0.2, 0) is 0 Å². The molecule has 0 spiro atoms. The van der Waals surface area contributed by atoms with E-state index in [0.717, 1.165) is 40.3 Å². The molecule has 7 heteroatoms. The summed E-state index contributed by atoms with van der Waals surface area (Å²) in [6.07, 6.45) is 0. The Kier molecular flexibility index (Phi) is 23.8. The largest absolute Gasteiger partial charge is 0.179 e. The van der Waals surface area contributed by atoms with Crippen LogP contribution in [0.3, 0.4) is 0 Å². The summed E-state index contributed by atoms with van der Waals surface area (Å²) in [4.78, 5) is 0. The highest BCUT2D eigenvalue weighted by Gasteiger charge is 2.22. The SMILES string of the molecule is C.SCC(CS)(CS)CS.SCC(CS)CS. The summed E-state index contributed by atoms with van der Waals surface area (Å²) in [5.74, 6) is 6.50. The summed E-state index contributed by atoms with van der Waals surface area (Å²) in [7, 11) is 0. The lowest BCUT2D eigenvalue weighted by molar-refractivity contribution is 0.522. The van der Waals surface area contributed by atoms with E-state index in [2.05, 4.69) is 88.4 Å². The average Bonchev–Trinajstić information content (AvgIpc) is 2.36. The molecule has 0 amide bonds. The molecule has 0 radical (unpaired) electrons. The molecule has 17 heavy (non-hydrogen) atoms. The Balaban J connectivity index is -0.000000224. The summed E-state index contributed by atoms with van der Waals surface area (Å²) >= 11 is 29.0. The van der Waals surface area contributed by atoms with Crippen LogP contribution in [0.5, 0.6) is 0 Å². The second kappa shape index (κ2) is 16.5. The van der Waals surface area contributed by atoms with E-state index in [4.69, 9.17) is 0 Å². The van der Waals surface area contributed by atoms with E-state index in [1.54, 1.807) is 0 Å². The van der Waals surface area contributed by atoms with Crippen molar-refractivity contribution in [2.45, 2.75) is 7.43 Å². The third kappa shape index (κ3) is 11.9. The average molecular weight is 371 g/mol. The Morgan fingerprint density at radius 2 is 0.824 bits per heavy atom. The third-order valence-corrected chi connectivity index (χ3v) is 6.35. The summed E-state index contributed by atoms with van der Waals surface area (Å²) < 4.78 is 0. The van der Waals surface area contributed by atoms with Crippen LogP contribution in [0.25, 0.3) is 0 Å². The van der Waals surface area contributed by atoms with Crippen molar-refractivity contribution in [2.24, 2.45) is 11.3 Å². The van der Waals surface area contributed by atoms with E-state index < -0.39 is 0 Å². The molecule has 0 nitrogen and oxygen atoms in total. The molecule has 0 aromatic rings. The molecule has 108 valence electrons. The van der Waals surface area contributed by atoms with E-state index in [1.165, 1.54) is 0 Å². The molecular formula is C10H26S7. The van der Waals surface area contributed by atoms with Crippen LogP contribution in [0, 0.1) is 11.3 Å². The van der Waals surface area contributed by atoms with E-state index in [9.17, 15) is 0 Å². The molecule has 0 aliphatic carbocycles. The molecule has 0 aliphatic heterocycles. The molecule has 0 rings (SSSR count). The van der Waals surface area contributed by atoms with Crippen molar-refractivity contribution in [3.8, 4) is 0 Å². The van der Waals surface area contributed by atoms with Crippen LogP contribution >= 0.6 is 88.4 Å². The maximum Gasteiger partial charge on any atom is 0.00550 e. The van der Waals surface area contributed by atoms with Crippen molar-refractivity contribution >= 4 is 88.4 Å². The molecule has 0 atom stereocenters. The van der Waals surface area contributed by atoms with Gasteiger partial charge in [-0.15, -0.1) is 0 Å². The molecule has 0 fully saturated rings. The minimum Gasteiger partial charge on any atom is -0.179 e. The van der Waals surface area contributed by atoms with Gasteiger partial charge >= 0.3 is 0 Å². The summed E-state index contributed by atoms with van der Waals surface area (Å²) in [5, 5.41) is 0. The van der Waals surface area contributed by atoms with Gasteiger partial charge in [0.25, 0.3) is 0 Å². The van der Waals surface area contributed by atoms with Crippen LogP contribution in [0.2, 0.25) is 0 Å². The Hall–Kier alpha value is 2.45. The highest BCUT2D eigenvalue weighted by Crippen LogP contribution is 2.23. The fraction of sp³-hybridized carbons (Fsp3) is 1.00. The van der Waals surface area contributed by atoms with E-state index in [1.807, 2.05) is 0 Å². The fourth-order valence-electron chi connectivity index (χ4n) is 0.473. The van der Waals surface area contributed by atoms with Crippen LogP contribution < -0.4 is 0 Å². The molecule has 0 aliphatic rings. The van der Waals surface area contributed by atoms with Gasteiger partial charge in [0.15, 0.2) is 0 Å². The lowest BCUT2D eigenvalue weighted by Crippen LogP contribution is -2.29. The molecule has 0 saturated carbocycles. The second-order valence-corrected chi connectivity index (χ2v) is 5.91. The highest BCUT2D eigenvalue weighted by molar-refractivity contribution is 7.83. The van der Waals surface area contributed by atoms with Crippen molar-refractivity contribution in [3.63, 3.8) is 0 Å². The van der Waals surface area contributed by atoms with Crippen LogP contribution in [0.1, 0.15) is 7.43 Å². The zero-order valence-corrected chi connectivity index (χ0v) is 15.4. The van der Waals surface area contributed by atoms with Gasteiger partial charge in [0.2, 0.25) is 0 Å². The molecular weight excluding hydrogens is 345 g/mol. The van der Waals surface area contributed by atoms with Gasteiger partial charge in [-0.3, -0.25) is 0 Å². The van der Waals surface area contributed by atoms with Crippen molar-refractivity contribution < 1.29 is 0 Å². The predicted molar refractivity (Wildman–Crippen MR) is 110 cm³/mol. The first kappa shape index (κ1) is 24.5. The molecule has 0 heterocycles. The van der Waals surface area contributed by atoms with E-state index in [-0.39, 0.29) is 12.8 Å². The topological polar surface area (TPSA) is 0 Å². The monoisotopic (exact) mass is 370 g/mol. The summed E-state index contributed by atoms with van der Waals surface area (Å²) in [5.41, 5.74) is 0.123. The number of hydrogen-bond donors (Lipinski definition) is 7. The Morgan fingerprint density at radius 1 is 0.588 bits per heavy atom. The van der Waals surface area contributed by atoms with Crippen molar-refractivity contribution in [3.05, 3.63) is 0 Å². The smallest absolute Gasteiger partial charge is 0.00550 e. The minimum absolute atomic E-state index is 0. The second-order valence-electron chi connectivity index (χ2n) is 3.55. The number of thiol groups is 7. The van der Waals surface area contributed by atoms with Gasteiger partial charge in [0, 0.05) is 5.41 Å². The molecule has 0 N–H and O–H groups in total. The Bertz CT molecular complexity index is 112. The van der Waals surface area contributed by atoms with Crippen molar-refractivity contribution in [1.82, 2.24) is 0 Å². The minimum atomic E-state index is 0. The lowest BCUT2D eigenvalue weighted by Gasteiger charge is -2.25. The summed E-state index contributed by atoms with van der Waals surface area (Å²) in [6.45, 7) is 0. The first-order valence-corrected chi connectivity index (χ1v) is 9.28. The van der Waals surface area contributed by atoms with Gasteiger partial charge in [-0.25, -0.2) is 0 Å². The van der Waals surface area contributed by atoms with Gasteiger partial charge in [-0.2, -0.15) is 88.4 Å². The zero-order valence-electron chi connectivity index (χ0n) is 9.16. The predicted octanol–water partition coefficient (Wildman–Crippen LogP) is 3.72. The van der Waals surface area contributed by atoms with Gasteiger partial charge < -0.3 is 0 Å². The lowest BCUT2D eigenvalue weighted by atomic mass is 9.99. The number of hydrogen-bond acceptors (Lipinski definition) is 7. The van der Waals surface area contributed by atoms with Crippen molar-refractivity contribution in [2.75, 3.05) is 40.3 Å². The first-order chi connectivity index (χ1) is 7.59.